The van der Waals surface area contributed by atoms with Crippen LogP contribution in [0.1, 0.15) is 12.8 Å². The molecule has 0 saturated carbocycles. The van der Waals surface area contributed by atoms with E-state index in [1.807, 2.05) is 0 Å². The molecular weight excluding hydrogens is 162 g/mol. The molecule has 1 nitrogen and oxygen atoms in total. The first-order chi connectivity index (χ1) is 5.67. The van der Waals surface area contributed by atoms with Crippen LogP contribution in [0.25, 0.3) is 0 Å². The van der Waals surface area contributed by atoms with Crippen molar-refractivity contribution in [3.63, 3.8) is 0 Å². The lowest BCUT2D eigenvalue weighted by Gasteiger charge is -2.27. The zero-order chi connectivity index (χ0) is 9.03. The van der Waals surface area contributed by atoms with Crippen LogP contribution in [0.5, 0.6) is 0 Å². The Morgan fingerprint density at radius 2 is 2.00 bits per heavy atom. The van der Waals surface area contributed by atoms with E-state index in [0.717, 1.165) is 6.08 Å². The summed E-state index contributed by atoms with van der Waals surface area (Å²) in [5, 5.41) is 0. The average molecular weight is 174 g/mol. The molecule has 0 spiro atoms. The minimum Gasteiger partial charge on any atom is -0.381 e. The molecule has 1 aliphatic rings. The monoisotopic (exact) mass is 174 g/mol. The van der Waals surface area contributed by atoms with Crippen LogP contribution in [-0.2, 0) is 4.74 Å². The van der Waals surface area contributed by atoms with Gasteiger partial charge < -0.3 is 4.74 Å². The SMILES string of the molecule is C=C=CC(F)(F)C1CCOCC1. The van der Waals surface area contributed by atoms with E-state index < -0.39 is 11.8 Å². The van der Waals surface area contributed by atoms with Gasteiger partial charge in [-0.2, -0.15) is 0 Å². The fourth-order valence-corrected chi connectivity index (χ4v) is 1.34. The number of hydrogen-bond donors (Lipinski definition) is 0. The largest absolute Gasteiger partial charge is 0.381 e. The third-order valence-corrected chi connectivity index (χ3v) is 2.06. The molecule has 1 rings (SSSR count). The first kappa shape index (κ1) is 9.43. The lowest BCUT2D eigenvalue weighted by atomic mass is 9.93. The second-order valence-corrected chi connectivity index (χ2v) is 2.91. The number of alkyl halides is 2. The molecule has 0 unspecified atom stereocenters. The van der Waals surface area contributed by atoms with Crippen LogP contribution in [0, 0.1) is 5.92 Å². The highest BCUT2D eigenvalue weighted by atomic mass is 19.3. The molecule has 1 saturated heterocycles. The van der Waals surface area contributed by atoms with Gasteiger partial charge in [-0.3, -0.25) is 0 Å². The van der Waals surface area contributed by atoms with E-state index in [-0.39, 0.29) is 0 Å². The van der Waals surface area contributed by atoms with E-state index in [4.69, 9.17) is 4.74 Å². The van der Waals surface area contributed by atoms with E-state index >= 15 is 0 Å². The molecule has 68 valence electrons. The standard InChI is InChI=1S/C9H12F2O/c1-2-5-9(10,11)8-3-6-12-7-4-8/h5,8H,1,3-4,6-7H2. The van der Waals surface area contributed by atoms with Crippen molar-refractivity contribution in [2.45, 2.75) is 18.8 Å². The molecule has 1 aliphatic heterocycles. The summed E-state index contributed by atoms with van der Waals surface area (Å²) in [4.78, 5) is 0. The summed E-state index contributed by atoms with van der Waals surface area (Å²) in [7, 11) is 0. The maximum atomic E-state index is 13.1. The number of allylic oxidation sites excluding steroid dienone is 1. The average Bonchev–Trinajstić information content (AvgIpc) is 2.06. The summed E-state index contributed by atoms with van der Waals surface area (Å²) in [6.45, 7) is 4.02. The molecule has 0 atom stereocenters. The van der Waals surface area contributed by atoms with Crippen LogP contribution in [-0.4, -0.2) is 19.1 Å². The summed E-state index contributed by atoms with van der Waals surface area (Å²) < 4.78 is 31.2. The van der Waals surface area contributed by atoms with Crippen LogP contribution < -0.4 is 0 Å². The third-order valence-electron chi connectivity index (χ3n) is 2.06. The molecule has 0 aromatic heterocycles. The molecule has 1 fully saturated rings. The van der Waals surface area contributed by atoms with Crippen molar-refractivity contribution < 1.29 is 13.5 Å². The van der Waals surface area contributed by atoms with Crippen molar-refractivity contribution in [3.8, 4) is 0 Å². The van der Waals surface area contributed by atoms with Crippen LogP contribution >= 0.6 is 0 Å². The maximum Gasteiger partial charge on any atom is 0.276 e. The van der Waals surface area contributed by atoms with Gasteiger partial charge in [-0.1, -0.05) is 6.58 Å². The Morgan fingerprint density at radius 3 is 2.50 bits per heavy atom. The first-order valence-electron chi connectivity index (χ1n) is 3.99. The van der Waals surface area contributed by atoms with Crippen molar-refractivity contribution in [2.75, 3.05) is 13.2 Å². The lowest BCUT2D eigenvalue weighted by Crippen LogP contribution is -2.31. The molecule has 3 heteroatoms. The summed E-state index contributed by atoms with van der Waals surface area (Å²) in [5.41, 5.74) is 2.14. The quantitative estimate of drug-likeness (QED) is 0.584. The van der Waals surface area contributed by atoms with E-state index in [0.29, 0.717) is 26.1 Å². The minimum absolute atomic E-state index is 0.422. The molecule has 0 bridgehead atoms. The number of hydrogen-bond acceptors (Lipinski definition) is 1. The molecule has 0 N–H and O–H groups in total. The van der Waals surface area contributed by atoms with Gasteiger partial charge in [-0.05, 0) is 12.8 Å². The van der Waals surface area contributed by atoms with E-state index in [1.54, 1.807) is 0 Å². The molecule has 1 heterocycles. The summed E-state index contributed by atoms with van der Waals surface area (Å²) in [5.74, 6) is -3.36. The topological polar surface area (TPSA) is 9.23 Å². The molecule has 0 aliphatic carbocycles. The van der Waals surface area contributed by atoms with Crippen LogP contribution in [0.15, 0.2) is 18.4 Å². The lowest BCUT2D eigenvalue weighted by molar-refractivity contribution is -0.0599. The predicted molar refractivity (Wildman–Crippen MR) is 42.2 cm³/mol. The first-order valence-corrected chi connectivity index (χ1v) is 3.99. The summed E-state index contributed by atoms with van der Waals surface area (Å²) >= 11 is 0. The Labute approximate surface area is 70.7 Å². The molecule has 0 radical (unpaired) electrons. The highest BCUT2D eigenvalue weighted by molar-refractivity contribution is 4.96. The van der Waals surface area contributed by atoms with Gasteiger partial charge in [0.05, 0.1) is 0 Å². The van der Waals surface area contributed by atoms with Crippen LogP contribution in [0.2, 0.25) is 0 Å². The molecule has 0 amide bonds. The fourth-order valence-electron chi connectivity index (χ4n) is 1.34. The smallest absolute Gasteiger partial charge is 0.276 e. The number of ether oxygens (including phenoxy) is 1. The normalized spacial score (nSPS) is 20.2. The summed E-state index contributed by atoms with van der Waals surface area (Å²) in [6.07, 6.45) is 1.60. The van der Waals surface area contributed by atoms with Gasteiger partial charge in [-0.15, -0.1) is 5.73 Å². The second-order valence-electron chi connectivity index (χ2n) is 2.91. The number of halogens is 2. The predicted octanol–water partition coefficient (Wildman–Crippen LogP) is 2.39. The molecule has 12 heavy (non-hydrogen) atoms. The van der Waals surface area contributed by atoms with Crippen molar-refractivity contribution >= 4 is 0 Å². The zero-order valence-electron chi connectivity index (χ0n) is 6.85. The molecular formula is C9H12F2O. The van der Waals surface area contributed by atoms with Gasteiger partial charge in [0.25, 0.3) is 5.92 Å². The van der Waals surface area contributed by atoms with Crippen molar-refractivity contribution in [1.82, 2.24) is 0 Å². The van der Waals surface area contributed by atoms with Crippen LogP contribution in [0.4, 0.5) is 8.78 Å². The van der Waals surface area contributed by atoms with Crippen LogP contribution in [0.3, 0.4) is 0 Å². The molecule has 0 aromatic rings. The van der Waals surface area contributed by atoms with Crippen molar-refractivity contribution in [3.05, 3.63) is 18.4 Å². The van der Waals surface area contributed by atoms with E-state index in [2.05, 4.69) is 12.3 Å². The fraction of sp³-hybridized carbons (Fsp3) is 0.667. The van der Waals surface area contributed by atoms with Gasteiger partial charge in [0, 0.05) is 25.2 Å². The highest BCUT2D eigenvalue weighted by Crippen LogP contribution is 2.33. The van der Waals surface area contributed by atoms with Gasteiger partial charge >= 0.3 is 0 Å². The van der Waals surface area contributed by atoms with Gasteiger partial charge in [0.2, 0.25) is 0 Å². The van der Waals surface area contributed by atoms with Crippen molar-refractivity contribution in [2.24, 2.45) is 5.92 Å². The Hall–Kier alpha value is -0.660. The Morgan fingerprint density at radius 1 is 1.42 bits per heavy atom. The zero-order valence-corrected chi connectivity index (χ0v) is 6.85. The summed E-state index contributed by atoms with van der Waals surface area (Å²) in [6, 6.07) is 0. The third kappa shape index (κ3) is 2.16. The van der Waals surface area contributed by atoms with Gasteiger partial charge in [0.15, 0.2) is 0 Å². The highest BCUT2D eigenvalue weighted by Gasteiger charge is 2.37. The molecule has 0 aromatic carbocycles. The van der Waals surface area contributed by atoms with Crippen molar-refractivity contribution in [1.29, 1.82) is 0 Å². The Kier molecular flexibility index (Phi) is 3.01. The minimum atomic E-state index is -2.76. The number of rotatable bonds is 2. The van der Waals surface area contributed by atoms with E-state index in [9.17, 15) is 8.78 Å². The van der Waals surface area contributed by atoms with Gasteiger partial charge in [0.1, 0.15) is 0 Å². The Bertz CT molecular complexity index is 189. The maximum absolute atomic E-state index is 13.1. The van der Waals surface area contributed by atoms with E-state index in [1.165, 1.54) is 0 Å². The second kappa shape index (κ2) is 3.83. The van der Waals surface area contributed by atoms with Gasteiger partial charge in [-0.25, -0.2) is 8.78 Å². The Balaban J connectivity index is 2.59.